The van der Waals surface area contributed by atoms with Gasteiger partial charge in [0.25, 0.3) is 0 Å². The second kappa shape index (κ2) is 5.81. The molecule has 0 saturated carbocycles. The van der Waals surface area contributed by atoms with Gasteiger partial charge in [0, 0.05) is 5.69 Å². The Morgan fingerprint density at radius 3 is 2.12 bits per heavy atom. The largest absolute Gasteiger partial charge is 0.683 e. The van der Waals surface area contributed by atoms with Crippen LogP contribution in [0.2, 0.25) is 0 Å². The van der Waals surface area contributed by atoms with E-state index in [1.807, 2.05) is 48.5 Å². The van der Waals surface area contributed by atoms with E-state index in [-0.39, 0.29) is 0 Å². The molecule has 2 aromatic carbocycles. The molecule has 2 aromatic rings. The predicted molar refractivity (Wildman–Crippen MR) is 69.3 cm³/mol. The van der Waals surface area contributed by atoms with Gasteiger partial charge < -0.3 is 10.6 Å². The zero-order valence-corrected chi connectivity index (χ0v) is 9.13. The van der Waals surface area contributed by atoms with E-state index < -0.39 is 0 Å². The number of anilines is 1. The van der Waals surface area contributed by atoms with E-state index in [2.05, 4.69) is 22.8 Å². The summed E-state index contributed by atoms with van der Waals surface area (Å²) in [5, 5.41) is 7.78. The Labute approximate surface area is 96.3 Å². The second-order valence-electron chi connectivity index (χ2n) is 3.51. The number of hydrogen-bond acceptors (Lipinski definition) is 1. The fourth-order valence-electron chi connectivity index (χ4n) is 1.47. The smallest absolute Gasteiger partial charge is 0.0339 e. The predicted octanol–water partition coefficient (Wildman–Crippen LogP) is 3.80. The minimum atomic E-state index is 0.791. The summed E-state index contributed by atoms with van der Waals surface area (Å²) in [5.74, 6) is 0. The standard InChI is InChI=1S/C14H15N2/c1-3-7-13(8-4-1)15-11-12-16-14-9-5-2-6-10-14/h1-10,15H,11-12H2/q-1. The SMILES string of the molecule is c1ccc([N-]CCNc2ccccc2)cc1. The summed E-state index contributed by atoms with van der Waals surface area (Å²) in [6, 6.07) is 20.2. The Kier molecular flexibility index (Phi) is 3.83. The van der Waals surface area contributed by atoms with Crippen molar-refractivity contribution in [1.82, 2.24) is 0 Å². The lowest BCUT2D eigenvalue weighted by atomic mass is 10.3. The van der Waals surface area contributed by atoms with Crippen LogP contribution >= 0.6 is 0 Å². The second-order valence-corrected chi connectivity index (χ2v) is 3.51. The first-order valence-electron chi connectivity index (χ1n) is 5.46. The molecule has 0 amide bonds. The van der Waals surface area contributed by atoms with Gasteiger partial charge in [-0.25, -0.2) is 0 Å². The number of nitrogens with zero attached hydrogens (tertiary/aromatic N) is 1. The number of hydrogen-bond donors (Lipinski definition) is 1. The fraction of sp³-hybridized carbons (Fsp3) is 0.143. The van der Waals surface area contributed by atoms with Gasteiger partial charge in [-0.3, -0.25) is 0 Å². The van der Waals surface area contributed by atoms with Crippen molar-refractivity contribution in [2.75, 3.05) is 18.4 Å². The first kappa shape index (κ1) is 10.6. The monoisotopic (exact) mass is 211 g/mol. The van der Waals surface area contributed by atoms with Crippen molar-refractivity contribution in [3.05, 3.63) is 66.0 Å². The topological polar surface area (TPSA) is 26.1 Å². The molecule has 0 radical (unpaired) electrons. The van der Waals surface area contributed by atoms with Crippen LogP contribution < -0.4 is 5.32 Å². The molecule has 16 heavy (non-hydrogen) atoms. The maximum atomic E-state index is 4.46. The third-order valence-corrected chi connectivity index (χ3v) is 2.27. The summed E-state index contributed by atoms with van der Waals surface area (Å²) in [7, 11) is 0. The summed E-state index contributed by atoms with van der Waals surface area (Å²) < 4.78 is 0. The van der Waals surface area contributed by atoms with Gasteiger partial charge in [-0.15, -0.1) is 12.2 Å². The summed E-state index contributed by atoms with van der Waals surface area (Å²) in [4.78, 5) is 0. The minimum Gasteiger partial charge on any atom is -0.683 e. The fourth-order valence-corrected chi connectivity index (χ4v) is 1.47. The molecule has 0 atom stereocenters. The van der Waals surface area contributed by atoms with Crippen LogP contribution in [0.1, 0.15) is 0 Å². The molecule has 0 aliphatic carbocycles. The summed E-state index contributed by atoms with van der Waals surface area (Å²) in [6.07, 6.45) is 0. The lowest BCUT2D eigenvalue weighted by Gasteiger charge is -2.21. The maximum Gasteiger partial charge on any atom is 0.0339 e. The van der Waals surface area contributed by atoms with Crippen LogP contribution in [0.15, 0.2) is 60.7 Å². The molecule has 0 heterocycles. The minimum absolute atomic E-state index is 0.791. The highest BCUT2D eigenvalue weighted by molar-refractivity contribution is 5.48. The molecule has 2 rings (SSSR count). The Morgan fingerprint density at radius 2 is 1.44 bits per heavy atom. The first-order valence-corrected chi connectivity index (χ1v) is 5.46. The highest BCUT2D eigenvalue weighted by Gasteiger charge is 1.84. The maximum absolute atomic E-state index is 4.46. The number of nitrogens with one attached hydrogen (secondary N) is 1. The summed E-state index contributed by atoms with van der Waals surface area (Å²) in [6.45, 7) is 1.65. The van der Waals surface area contributed by atoms with Gasteiger partial charge in [0.2, 0.25) is 0 Å². The van der Waals surface area contributed by atoms with Gasteiger partial charge in [-0.05, 0) is 18.7 Å². The van der Waals surface area contributed by atoms with E-state index in [1.54, 1.807) is 0 Å². The van der Waals surface area contributed by atoms with Gasteiger partial charge in [0.05, 0.1) is 0 Å². The molecule has 0 aliphatic heterocycles. The average molecular weight is 211 g/mol. The normalized spacial score (nSPS) is 9.75. The van der Waals surface area contributed by atoms with Gasteiger partial charge in [0.1, 0.15) is 0 Å². The zero-order chi connectivity index (χ0) is 11.1. The van der Waals surface area contributed by atoms with Gasteiger partial charge in [-0.2, -0.15) is 0 Å². The number of para-hydroxylation sites is 2. The van der Waals surface area contributed by atoms with E-state index >= 15 is 0 Å². The zero-order valence-electron chi connectivity index (χ0n) is 9.13. The Hall–Kier alpha value is -1.96. The third kappa shape index (κ3) is 3.31. The molecule has 0 saturated heterocycles. The number of benzene rings is 2. The Balaban J connectivity index is 1.70. The molecule has 82 valence electrons. The molecular weight excluding hydrogens is 196 g/mol. The van der Waals surface area contributed by atoms with E-state index in [1.165, 1.54) is 0 Å². The van der Waals surface area contributed by atoms with Crippen LogP contribution in [0.5, 0.6) is 0 Å². The molecule has 2 nitrogen and oxygen atoms in total. The van der Waals surface area contributed by atoms with Crippen molar-refractivity contribution in [2.24, 2.45) is 0 Å². The van der Waals surface area contributed by atoms with E-state index in [0.29, 0.717) is 0 Å². The third-order valence-electron chi connectivity index (χ3n) is 2.27. The lowest BCUT2D eigenvalue weighted by molar-refractivity contribution is 1.12. The van der Waals surface area contributed by atoms with Crippen LogP contribution in [0.3, 0.4) is 0 Å². The van der Waals surface area contributed by atoms with Crippen molar-refractivity contribution in [3.8, 4) is 0 Å². The van der Waals surface area contributed by atoms with Crippen LogP contribution in [-0.4, -0.2) is 13.1 Å². The molecule has 0 aromatic heterocycles. The van der Waals surface area contributed by atoms with E-state index in [9.17, 15) is 0 Å². The molecule has 0 aliphatic rings. The highest BCUT2D eigenvalue weighted by atomic mass is 14.9. The molecule has 1 N–H and O–H groups in total. The molecule has 0 fully saturated rings. The first-order chi connectivity index (χ1) is 7.95. The van der Waals surface area contributed by atoms with Crippen molar-refractivity contribution >= 4 is 11.4 Å². The van der Waals surface area contributed by atoms with Crippen LogP contribution in [0.4, 0.5) is 11.4 Å². The summed E-state index contributed by atoms with van der Waals surface area (Å²) in [5.41, 5.74) is 2.18. The van der Waals surface area contributed by atoms with Crippen molar-refractivity contribution in [1.29, 1.82) is 0 Å². The number of rotatable bonds is 5. The van der Waals surface area contributed by atoms with Gasteiger partial charge >= 0.3 is 0 Å². The molecular formula is C14H15N2-. The van der Waals surface area contributed by atoms with Crippen molar-refractivity contribution in [2.45, 2.75) is 0 Å². The highest BCUT2D eigenvalue weighted by Crippen LogP contribution is 2.15. The lowest BCUT2D eigenvalue weighted by Crippen LogP contribution is -2.04. The van der Waals surface area contributed by atoms with Crippen LogP contribution in [0, 0.1) is 0 Å². The van der Waals surface area contributed by atoms with Gasteiger partial charge in [-0.1, -0.05) is 48.5 Å². The molecule has 0 spiro atoms. The van der Waals surface area contributed by atoms with Crippen LogP contribution in [0.25, 0.3) is 5.32 Å². The van der Waals surface area contributed by atoms with E-state index in [0.717, 1.165) is 24.5 Å². The Morgan fingerprint density at radius 1 is 0.812 bits per heavy atom. The van der Waals surface area contributed by atoms with Crippen molar-refractivity contribution in [3.63, 3.8) is 0 Å². The van der Waals surface area contributed by atoms with Crippen LogP contribution in [-0.2, 0) is 0 Å². The van der Waals surface area contributed by atoms with Gasteiger partial charge in [0.15, 0.2) is 0 Å². The average Bonchev–Trinajstić information content (AvgIpc) is 2.37. The quantitative estimate of drug-likeness (QED) is 0.748. The summed E-state index contributed by atoms with van der Waals surface area (Å²) >= 11 is 0. The Bertz CT molecular complexity index is 356. The molecule has 2 heteroatoms. The molecule has 0 unspecified atom stereocenters. The van der Waals surface area contributed by atoms with E-state index in [4.69, 9.17) is 0 Å². The molecule has 0 bridgehead atoms. The van der Waals surface area contributed by atoms with Crippen molar-refractivity contribution < 1.29 is 0 Å².